The van der Waals surface area contributed by atoms with E-state index in [0.29, 0.717) is 19.0 Å². The molecule has 11 heteroatoms. The predicted octanol–water partition coefficient (Wildman–Crippen LogP) is 1.35. The quantitative estimate of drug-likeness (QED) is 0.558. The number of rotatable bonds is 3. The van der Waals surface area contributed by atoms with E-state index in [1.807, 2.05) is 23.1 Å². The zero-order valence-electron chi connectivity index (χ0n) is 14.9. The topological polar surface area (TPSA) is 109 Å². The maximum atomic E-state index is 12.8. The molecule has 0 atom stereocenters. The minimum Gasteiger partial charge on any atom is -0.346 e. The van der Waals surface area contributed by atoms with Crippen LogP contribution in [0.4, 0.5) is 5.13 Å². The van der Waals surface area contributed by atoms with Gasteiger partial charge in [0.2, 0.25) is 5.82 Å². The Bertz CT molecular complexity index is 1070. The number of nitrogens with one attached hydrogen (secondary N) is 1. The van der Waals surface area contributed by atoms with E-state index in [1.165, 1.54) is 17.4 Å². The molecule has 4 aromatic rings. The van der Waals surface area contributed by atoms with Crippen molar-refractivity contribution in [2.75, 3.05) is 31.1 Å². The fourth-order valence-electron chi connectivity index (χ4n) is 3.22. The molecular formula is C17H17N9OS. The summed E-state index contributed by atoms with van der Waals surface area (Å²) in [4.78, 5) is 25.9. The second-order valence-corrected chi connectivity index (χ2v) is 7.46. The lowest BCUT2D eigenvalue weighted by Gasteiger charge is -2.20. The number of H-pyrrole nitrogens is 1. The van der Waals surface area contributed by atoms with Crippen molar-refractivity contribution in [1.82, 2.24) is 39.8 Å². The van der Waals surface area contributed by atoms with Crippen LogP contribution in [0.15, 0.2) is 36.9 Å². The number of aromatic amines is 1. The van der Waals surface area contributed by atoms with E-state index in [4.69, 9.17) is 4.98 Å². The number of fused-ring (bicyclic) bond motifs is 1. The van der Waals surface area contributed by atoms with Gasteiger partial charge in [0.05, 0.1) is 10.2 Å². The average molecular weight is 395 g/mol. The lowest BCUT2D eigenvalue weighted by Crippen LogP contribution is -2.35. The number of nitrogens with zero attached hydrogens (tertiary/aromatic N) is 8. The third-order valence-electron chi connectivity index (χ3n) is 4.66. The number of para-hydroxylation sites is 1. The monoisotopic (exact) mass is 395 g/mol. The number of anilines is 1. The van der Waals surface area contributed by atoms with E-state index in [0.717, 1.165) is 30.2 Å². The molecule has 0 bridgehead atoms. The van der Waals surface area contributed by atoms with E-state index in [2.05, 4.69) is 36.3 Å². The van der Waals surface area contributed by atoms with Gasteiger partial charge in [-0.3, -0.25) is 14.5 Å². The molecule has 1 aliphatic heterocycles. The molecule has 142 valence electrons. The summed E-state index contributed by atoms with van der Waals surface area (Å²) in [6.45, 7) is 2.88. The summed E-state index contributed by atoms with van der Waals surface area (Å²) < 4.78 is 2.72. The molecule has 1 fully saturated rings. The van der Waals surface area contributed by atoms with E-state index in [9.17, 15) is 4.79 Å². The van der Waals surface area contributed by atoms with Gasteiger partial charge in [0.25, 0.3) is 11.9 Å². The van der Waals surface area contributed by atoms with Crippen molar-refractivity contribution in [2.24, 2.45) is 0 Å². The molecule has 4 heterocycles. The van der Waals surface area contributed by atoms with Crippen LogP contribution in [-0.2, 0) is 0 Å². The molecule has 1 N–H and O–H groups in total. The van der Waals surface area contributed by atoms with Gasteiger partial charge in [-0.2, -0.15) is 4.98 Å². The van der Waals surface area contributed by atoms with E-state index in [-0.39, 0.29) is 11.7 Å². The molecule has 10 nitrogen and oxygen atoms in total. The highest BCUT2D eigenvalue weighted by molar-refractivity contribution is 7.22. The smallest absolute Gasteiger partial charge is 0.291 e. The first-order valence-electron chi connectivity index (χ1n) is 8.95. The van der Waals surface area contributed by atoms with Crippen LogP contribution in [0.1, 0.15) is 17.0 Å². The first kappa shape index (κ1) is 16.8. The SMILES string of the molecule is O=C(c1nc(-n2cnnc2)n[nH]1)N1CCCN(c2nc3ccccc3s2)CC1. The zero-order valence-corrected chi connectivity index (χ0v) is 15.7. The number of aromatic nitrogens is 7. The summed E-state index contributed by atoms with van der Waals surface area (Å²) in [6, 6.07) is 8.14. The highest BCUT2D eigenvalue weighted by Gasteiger charge is 2.24. The first-order chi connectivity index (χ1) is 13.8. The van der Waals surface area contributed by atoms with Crippen molar-refractivity contribution in [3.05, 3.63) is 42.7 Å². The van der Waals surface area contributed by atoms with Crippen LogP contribution < -0.4 is 4.90 Å². The minimum absolute atomic E-state index is 0.155. The number of thiazole rings is 1. The van der Waals surface area contributed by atoms with Gasteiger partial charge in [-0.15, -0.1) is 15.3 Å². The molecule has 0 spiro atoms. The molecule has 1 amide bonds. The van der Waals surface area contributed by atoms with E-state index >= 15 is 0 Å². The first-order valence-corrected chi connectivity index (χ1v) is 9.77. The highest BCUT2D eigenvalue weighted by Crippen LogP contribution is 2.29. The van der Waals surface area contributed by atoms with Gasteiger partial charge in [-0.25, -0.2) is 4.98 Å². The van der Waals surface area contributed by atoms with Gasteiger partial charge in [-0.05, 0) is 18.6 Å². The molecule has 5 rings (SSSR count). The summed E-state index contributed by atoms with van der Waals surface area (Å²) in [5.41, 5.74) is 1.02. The summed E-state index contributed by atoms with van der Waals surface area (Å²) in [6.07, 6.45) is 3.84. The molecule has 0 aliphatic carbocycles. The fourth-order valence-corrected chi connectivity index (χ4v) is 4.24. The van der Waals surface area contributed by atoms with Crippen LogP contribution in [0.2, 0.25) is 0 Å². The number of carbonyl (C=O) groups excluding carboxylic acids is 1. The Labute approximate surface area is 163 Å². The van der Waals surface area contributed by atoms with Crippen molar-refractivity contribution in [3.63, 3.8) is 0 Å². The van der Waals surface area contributed by atoms with Crippen LogP contribution in [0, 0.1) is 0 Å². The number of carbonyl (C=O) groups is 1. The summed E-state index contributed by atoms with van der Waals surface area (Å²) >= 11 is 1.69. The van der Waals surface area contributed by atoms with Gasteiger partial charge in [-0.1, -0.05) is 23.5 Å². The zero-order chi connectivity index (χ0) is 18.9. The fraction of sp³-hybridized carbons (Fsp3) is 0.294. The Morgan fingerprint density at radius 2 is 1.89 bits per heavy atom. The summed E-state index contributed by atoms with van der Waals surface area (Å²) in [7, 11) is 0. The standard InChI is InChI=1S/C17H17N9OS/c27-15(14-21-16(23-22-14)26-10-18-19-11-26)24-6-3-7-25(9-8-24)17-20-12-4-1-2-5-13(12)28-17/h1-2,4-5,10-11H,3,6-9H2,(H,21,22,23). The van der Waals surface area contributed by atoms with Crippen LogP contribution in [-0.4, -0.2) is 71.9 Å². The molecule has 28 heavy (non-hydrogen) atoms. The molecule has 1 aliphatic rings. The van der Waals surface area contributed by atoms with Gasteiger partial charge < -0.3 is 9.80 Å². The molecule has 3 aromatic heterocycles. The second-order valence-electron chi connectivity index (χ2n) is 6.45. The number of benzene rings is 1. The number of amides is 1. The summed E-state index contributed by atoms with van der Waals surface area (Å²) in [5, 5.41) is 15.2. The van der Waals surface area contributed by atoms with E-state index < -0.39 is 0 Å². The lowest BCUT2D eigenvalue weighted by atomic mass is 10.3. The largest absolute Gasteiger partial charge is 0.346 e. The molecular weight excluding hydrogens is 378 g/mol. The second kappa shape index (κ2) is 7.00. The Morgan fingerprint density at radius 3 is 2.75 bits per heavy atom. The highest BCUT2D eigenvalue weighted by atomic mass is 32.1. The maximum Gasteiger partial charge on any atom is 0.291 e. The van der Waals surface area contributed by atoms with Crippen molar-refractivity contribution in [3.8, 4) is 5.95 Å². The third kappa shape index (κ3) is 3.09. The van der Waals surface area contributed by atoms with Gasteiger partial charge in [0.15, 0.2) is 5.13 Å². The molecule has 1 saturated heterocycles. The average Bonchev–Trinajstić information content (AvgIpc) is 3.44. The van der Waals surface area contributed by atoms with Gasteiger partial charge in [0.1, 0.15) is 12.7 Å². The molecule has 0 unspecified atom stereocenters. The van der Waals surface area contributed by atoms with Crippen LogP contribution in [0.5, 0.6) is 0 Å². The minimum atomic E-state index is -0.155. The molecule has 0 saturated carbocycles. The Morgan fingerprint density at radius 1 is 1.04 bits per heavy atom. The van der Waals surface area contributed by atoms with E-state index in [1.54, 1.807) is 15.9 Å². The third-order valence-corrected chi connectivity index (χ3v) is 5.76. The van der Waals surface area contributed by atoms with Crippen LogP contribution >= 0.6 is 11.3 Å². The van der Waals surface area contributed by atoms with Crippen molar-refractivity contribution in [1.29, 1.82) is 0 Å². The van der Waals surface area contributed by atoms with Crippen LogP contribution in [0.25, 0.3) is 16.2 Å². The Kier molecular flexibility index (Phi) is 4.20. The van der Waals surface area contributed by atoms with Crippen molar-refractivity contribution >= 4 is 32.6 Å². The van der Waals surface area contributed by atoms with Gasteiger partial charge in [0, 0.05) is 26.2 Å². The Balaban J connectivity index is 1.29. The summed E-state index contributed by atoms with van der Waals surface area (Å²) in [5.74, 6) is 0.411. The van der Waals surface area contributed by atoms with Crippen molar-refractivity contribution < 1.29 is 4.79 Å². The predicted molar refractivity (Wildman–Crippen MR) is 104 cm³/mol. The number of hydrogen-bond acceptors (Lipinski definition) is 8. The molecule has 1 aromatic carbocycles. The lowest BCUT2D eigenvalue weighted by molar-refractivity contribution is 0.0755. The van der Waals surface area contributed by atoms with Gasteiger partial charge >= 0.3 is 0 Å². The number of hydrogen-bond donors (Lipinski definition) is 1. The van der Waals surface area contributed by atoms with Crippen molar-refractivity contribution in [2.45, 2.75) is 6.42 Å². The molecule has 0 radical (unpaired) electrons. The normalized spacial score (nSPS) is 15.1. The Hall–Kier alpha value is -3.34. The van der Waals surface area contributed by atoms with Crippen LogP contribution in [0.3, 0.4) is 0 Å². The maximum absolute atomic E-state index is 12.8.